The molecule has 0 saturated carbocycles. The third kappa shape index (κ3) is 3.36. The first-order chi connectivity index (χ1) is 12.0. The SMILES string of the molecule is CCOC(=O)c1cc2cc(S(=O)(=O)N3C[C@H]4CNC[C@H]4C3)ccc2s1.Cl. The van der Waals surface area contributed by atoms with E-state index in [0.29, 0.717) is 41.3 Å². The second-order valence-electron chi connectivity index (χ2n) is 6.53. The zero-order chi connectivity index (χ0) is 17.6. The highest BCUT2D eigenvalue weighted by molar-refractivity contribution is 7.89. The number of fused-ring (bicyclic) bond motifs is 2. The van der Waals surface area contributed by atoms with Crippen LogP contribution in [0.3, 0.4) is 0 Å². The molecule has 0 spiro atoms. The van der Waals surface area contributed by atoms with Crippen molar-refractivity contribution in [3.05, 3.63) is 29.1 Å². The van der Waals surface area contributed by atoms with E-state index in [1.807, 2.05) is 0 Å². The molecule has 2 atom stereocenters. The Bertz CT molecular complexity index is 916. The summed E-state index contributed by atoms with van der Waals surface area (Å²) in [6, 6.07) is 6.78. The van der Waals surface area contributed by atoms with Gasteiger partial charge in [-0.1, -0.05) is 0 Å². The van der Waals surface area contributed by atoms with Crippen LogP contribution in [0.5, 0.6) is 0 Å². The zero-order valence-electron chi connectivity index (χ0n) is 14.3. The third-order valence-electron chi connectivity index (χ3n) is 4.96. The van der Waals surface area contributed by atoms with Crippen LogP contribution in [0.4, 0.5) is 0 Å². The topological polar surface area (TPSA) is 75.7 Å². The Hall–Kier alpha value is -1.19. The van der Waals surface area contributed by atoms with Crippen LogP contribution in [-0.2, 0) is 14.8 Å². The highest BCUT2D eigenvalue weighted by atomic mass is 35.5. The maximum absolute atomic E-state index is 13.0. The number of halogens is 1. The predicted molar refractivity (Wildman–Crippen MR) is 104 cm³/mol. The number of carbonyl (C=O) groups excluding carboxylic acids is 1. The van der Waals surface area contributed by atoms with Gasteiger partial charge in [-0.2, -0.15) is 4.31 Å². The van der Waals surface area contributed by atoms with Gasteiger partial charge in [-0.25, -0.2) is 13.2 Å². The fourth-order valence-corrected chi connectivity index (χ4v) is 6.17. The number of esters is 1. The second kappa shape index (κ2) is 7.44. The van der Waals surface area contributed by atoms with E-state index in [1.54, 1.807) is 35.5 Å². The Morgan fingerprint density at radius 1 is 1.27 bits per heavy atom. The van der Waals surface area contributed by atoms with E-state index in [1.165, 1.54) is 11.3 Å². The highest BCUT2D eigenvalue weighted by Gasteiger charge is 2.41. The molecule has 4 rings (SSSR count). The van der Waals surface area contributed by atoms with Crippen LogP contribution in [0.2, 0.25) is 0 Å². The molecule has 9 heteroatoms. The smallest absolute Gasteiger partial charge is 0.348 e. The van der Waals surface area contributed by atoms with Crippen molar-refractivity contribution >= 4 is 49.8 Å². The lowest BCUT2D eigenvalue weighted by Crippen LogP contribution is -2.31. The number of sulfonamides is 1. The van der Waals surface area contributed by atoms with Gasteiger partial charge < -0.3 is 10.1 Å². The number of nitrogens with one attached hydrogen (secondary N) is 1. The molecule has 2 aromatic rings. The number of rotatable bonds is 4. The minimum Gasteiger partial charge on any atom is -0.462 e. The van der Waals surface area contributed by atoms with Gasteiger partial charge in [0, 0.05) is 17.8 Å². The molecule has 2 aliphatic rings. The lowest BCUT2D eigenvalue weighted by molar-refractivity contribution is 0.0532. The summed E-state index contributed by atoms with van der Waals surface area (Å²) in [6.45, 7) is 5.02. The van der Waals surface area contributed by atoms with Gasteiger partial charge in [0.05, 0.1) is 11.5 Å². The fraction of sp³-hybridized carbons (Fsp3) is 0.471. The molecule has 1 aromatic carbocycles. The van der Waals surface area contributed by atoms with Gasteiger partial charge in [0.25, 0.3) is 0 Å². The lowest BCUT2D eigenvalue weighted by atomic mass is 10.0. The highest BCUT2D eigenvalue weighted by Crippen LogP contribution is 2.33. The molecule has 26 heavy (non-hydrogen) atoms. The molecule has 142 valence electrons. The van der Waals surface area contributed by atoms with Crippen molar-refractivity contribution in [1.82, 2.24) is 9.62 Å². The molecule has 2 fully saturated rings. The Balaban J connectivity index is 0.00000196. The molecule has 0 radical (unpaired) electrons. The molecule has 2 saturated heterocycles. The number of carbonyl (C=O) groups is 1. The summed E-state index contributed by atoms with van der Waals surface area (Å²) in [6.07, 6.45) is 0. The zero-order valence-corrected chi connectivity index (χ0v) is 16.8. The first-order valence-corrected chi connectivity index (χ1v) is 10.7. The molecule has 0 amide bonds. The van der Waals surface area contributed by atoms with Crippen molar-refractivity contribution in [1.29, 1.82) is 0 Å². The standard InChI is InChI=1S/C17H20N2O4S2.ClH/c1-2-23-17(20)16-6-11-5-14(3-4-15(11)24-16)25(21,22)19-9-12-7-18-8-13(12)10-19;/h3-6,12-13,18H,2,7-10H2,1H3;1H/t12-,13+;. The monoisotopic (exact) mass is 416 g/mol. The molecular formula is C17H21ClN2O4S2. The number of hydrogen-bond donors (Lipinski definition) is 1. The van der Waals surface area contributed by atoms with Crippen molar-refractivity contribution in [3.8, 4) is 0 Å². The number of hydrogen-bond acceptors (Lipinski definition) is 6. The van der Waals surface area contributed by atoms with Crippen molar-refractivity contribution < 1.29 is 17.9 Å². The quantitative estimate of drug-likeness (QED) is 0.774. The minimum absolute atomic E-state index is 0. The second-order valence-corrected chi connectivity index (χ2v) is 9.55. The molecule has 1 aromatic heterocycles. The average molecular weight is 417 g/mol. The van der Waals surface area contributed by atoms with E-state index in [9.17, 15) is 13.2 Å². The van der Waals surface area contributed by atoms with Crippen molar-refractivity contribution in [2.45, 2.75) is 11.8 Å². The number of ether oxygens (including phenoxy) is 1. The maximum atomic E-state index is 13.0. The fourth-order valence-electron chi connectivity index (χ4n) is 3.64. The van der Waals surface area contributed by atoms with Crippen LogP contribution in [0.1, 0.15) is 16.6 Å². The van der Waals surface area contributed by atoms with E-state index in [2.05, 4.69) is 5.32 Å². The van der Waals surface area contributed by atoms with Crippen LogP contribution < -0.4 is 5.32 Å². The summed E-state index contributed by atoms with van der Waals surface area (Å²) in [5.41, 5.74) is 0. The van der Waals surface area contributed by atoms with Gasteiger partial charge in [-0.15, -0.1) is 23.7 Å². The Kier molecular flexibility index (Phi) is 5.60. The Labute approximate surface area is 163 Å². The van der Waals surface area contributed by atoms with Crippen LogP contribution >= 0.6 is 23.7 Å². The molecule has 0 aliphatic carbocycles. The van der Waals surface area contributed by atoms with Gasteiger partial charge in [0.15, 0.2) is 0 Å². The normalized spacial score (nSPS) is 23.0. The van der Waals surface area contributed by atoms with Gasteiger partial charge in [0.1, 0.15) is 4.88 Å². The lowest BCUT2D eigenvalue weighted by Gasteiger charge is -2.17. The molecule has 0 bridgehead atoms. The Morgan fingerprint density at radius 3 is 2.62 bits per heavy atom. The molecular weight excluding hydrogens is 396 g/mol. The molecule has 0 unspecified atom stereocenters. The van der Waals surface area contributed by atoms with Crippen LogP contribution in [0.15, 0.2) is 29.2 Å². The van der Waals surface area contributed by atoms with Crippen LogP contribution in [0, 0.1) is 11.8 Å². The third-order valence-corrected chi connectivity index (χ3v) is 7.88. The van der Waals surface area contributed by atoms with E-state index in [-0.39, 0.29) is 18.4 Å². The molecule has 1 N–H and O–H groups in total. The Morgan fingerprint density at radius 2 is 1.96 bits per heavy atom. The van der Waals surface area contributed by atoms with Crippen LogP contribution in [-0.4, -0.2) is 51.5 Å². The van der Waals surface area contributed by atoms with E-state index in [0.717, 1.165) is 23.2 Å². The summed E-state index contributed by atoms with van der Waals surface area (Å²) in [7, 11) is -3.50. The summed E-state index contributed by atoms with van der Waals surface area (Å²) in [5, 5.41) is 4.08. The van der Waals surface area contributed by atoms with Crippen molar-refractivity contribution in [2.24, 2.45) is 11.8 Å². The first kappa shape index (κ1) is 19.6. The average Bonchev–Trinajstić information content (AvgIpc) is 3.28. The van der Waals surface area contributed by atoms with Crippen molar-refractivity contribution in [2.75, 3.05) is 32.8 Å². The van der Waals surface area contributed by atoms with E-state index in [4.69, 9.17) is 4.74 Å². The van der Waals surface area contributed by atoms with E-state index < -0.39 is 10.0 Å². The predicted octanol–water partition coefficient (Wildman–Crippen LogP) is 2.34. The molecule has 6 nitrogen and oxygen atoms in total. The summed E-state index contributed by atoms with van der Waals surface area (Å²) >= 11 is 1.32. The summed E-state index contributed by atoms with van der Waals surface area (Å²) < 4.78 is 33.4. The largest absolute Gasteiger partial charge is 0.462 e. The van der Waals surface area contributed by atoms with E-state index >= 15 is 0 Å². The summed E-state index contributed by atoms with van der Waals surface area (Å²) in [4.78, 5) is 12.7. The van der Waals surface area contributed by atoms with Crippen molar-refractivity contribution in [3.63, 3.8) is 0 Å². The summed E-state index contributed by atoms with van der Waals surface area (Å²) in [5.74, 6) is 0.457. The molecule has 2 aliphatic heterocycles. The number of thiophene rings is 1. The van der Waals surface area contributed by atoms with Gasteiger partial charge in [-0.05, 0) is 61.5 Å². The van der Waals surface area contributed by atoms with Gasteiger partial charge in [0.2, 0.25) is 10.0 Å². The first-order valence-electron chi connectivity index (χ1n) is 8.40. The number of benzene rings is 1. The minimum atomic E-state index is -3.50. The van der Waals surface area contributed by atoms with Crippen LogP contribution in [0.25, 0.3) is 10.1 Å². The number of nitrogens with zero attached hydrogens (tertiary/aromatic N) is 1. The maximum Gasteiger partial charge on any atom is 0.348 e. The van der Waals surface area contributed by atoms with Gasteiger partial charge >= 0.3 is 5.97 Å². The molecule has 3 heterocycles. The van der Waals surface area contributed by atoms with Gasteiger partial charge in [-0.3, -0.25) is 0 Å².